The predicted molar refractivity (Wildman–Crippen MR) is 103 cm³/mol. The van der Waals surface area contributed by atoms with E-state index in [9.17, 15) is 14.7 Å². The van der Waals surface area contributed by atoms with Crippen LogP contribution in [-0.4, -0.2) is 23.0 Å². The fourth-order valence-corrected chi connectivity index (χ4v) is 3.98. The number of carboxylic acids is 1. The Morgan fingerprint density at radius 1 is 1.20 bits per heavy atom. The normalized spacial score (nSPS) is 12.9. The van der Waals surface area contributed by atoms with Crippen molar-refractivity contribution in [2.45, 2.75) is 26.8 Å². The monoisotopic (exact) mass is 613 g/mol. The molecule has 0 aliphatic heterocycles. The number of halogens is 3. The van der Waals surface area contributed by atoms with Crippen LogP contribution in [0.15, 0.2) is 12.1 Å². The summed E-state index contributed by atoms with van der Waals surface area (Å²) in [5.74, 6) is -1.38. The van der Waals surface area contributed by atoms with Gasteiger partial charge in [-0.1, -0.05) is 20.8 Å². The zero-order valence-electron chi connectivity index (χ0n) is 11.1. The first-order chi connectivity index (χ1) is 9.04. The standard InChI is InChI=1S/C13H14I3NO3/c1-13(2,3)10(12(19)20)17-11(18)7-4-6(14)5-8(15)9(7)16/h4-5,10H,1-3H3,(H,17,18)(H,19,20)/t10-/m1/s1. The Morgan fingerprint density at radius 2 is 1.75 bits per heavy atom. The summed E-state index contributed by atoms with van der Waals surface area (Å²) in [5, 5.41) is 11.9. The van der Waals surface area contributed by atoms with E-state index in [1.807, 2.05) is 6.07 Å². The van der Waals surface area contributed by atoms with E-state index in [4.69, 9.17) is 0 Å². The quantitative estimate of drug-likeness (QED) is 0.404. The van der Waals surface area contributed by atoms with E-state index in [2.05, 4.69) is 73.1 Å². The van der Waals surface area contributed by atoms with Crippen LogP contribution in [0, 0.1) is 16.1 Å². The fourth-order valence-electron chi connectivity index (χ4n) is 1.58. The molecule has 7 heteroatoms. The summed E-state index contributed by atoms with van der Waals surface area (Å²) in [7, 11) is 0. The number of carboxylic acid groups (broad SMARTS) is 1. The number of carbonyl (C=O) groups excluding carboxylic acids is 1. The third-order valence-corrected chi connectivity index (χ3v) is 6.29. The maximum atomic E-state index is 12.3. The highest BCUT2D eigenvalue weighted by atomic mass is 127. The Balaban J connectivity index is 3.11. The van der Waals surface area contributed by atoms with Gasteiger partial charge in [-0.2, -0.15) is 0 Å². The van der Waals surface area contributed by atoms with E-state index < -0.39 is 17.4 Å². The Kier molecular flexibility index (Phi) is 6.51. The zero-order valence-corrected chi connectivity index (χ0v) is 17.6. The largest absolute Gasteiger partial charge is 0.480 e. The molecule has 4 nitrogen and oxygen atoms in total. The van der Waals surface area contributed by atoms with Gasteiger partial charge >= 0.3 is 5.97 Å². The Hall–Kier alpha value is 0.350. The summed E-state index contributed by atoms with van der Waals surface area (Å²) < 4.78 is 2.75. The second-order valence-electron chi connectivity index (χ2n) is 5.36. The van der Waals surface area contributed by atoms with E-state index in [0.29, 0.717) is 5.56 Å². The van der Waals surface area contributed by atoms with Crippen molar-refractivity contribution in [3.05, 3.63) is 28.4 Å². The first kappa shape index (κ1) is 18.4. The van der Waals surface area contributed by atoms with E-state index in [1.165, 1.54) is 0 Å². The Morgan fingerprint density at radius 3 is 2.20 bits per heavy atom. The second kappa shape index (κ2) is 7.07. The average Bonchev–Trinajstić information content (AvgIpc) is 2.28. The van der Waals surface area contributed by atoms with Crippen LogP contribution in [0.5, 0.6) is 0 Å². The molecule has 0 aliphatic carbocycles. The minimum absolute atomic E-state index is 0.354. The zero-order chi connectivity index (χ0) is 15.7. The summed E-state index contributed by atoms with van der Waals surface area (Å²) in [4.78, 5) is 23.7. The lowest BCUT2D eigenvalue weighted by Gasteiger charge is -2.28. The number of benzene rings is 1. The van der Waals surface area contributed by atoms with Crippen LogP contribution in [0.25, 0.3) is 0 Å². The number of hydrogen-bond donors (Lipinski definition) is 2. The van der Waals surface area contributed by atoms with Crippen LogP contribution in [0.2, 0.25) is 0 Å². The number of rotatable bonds is 3. The van der Waals surface area contributed by atoms with Gasteiger partial charge in [0.2, 0.25) is 0 Å². The van der Waals surface area contributed by atoms with Gasteiger partial charge in [0.1, 0.15) is 6.04 Å². The molecule has 0 unspecified atom stereocenters. The van der Waals surface area contributed by atoms with Gasteiger partial charge in [0.15, 0.2) is 0 Å². The summed E-state index contributed by atoms with van der Waals surface area (Å²) in [5.41, 5.74) is -0.0421. The molecule has 0 saturated carbocycles. The lowest BCUT2D eigenvalue weighted by atomic mass is 9.86. The van der Waals surface area contributed by atoms with Gasteiger partial charge in [-0.3, -0.25) is 4.79 Å². The number of amides is 1. The maximum absolute atomic E-state index is 12.3. The van der Waals surface area contributed by atoms with Crippen LogP contribution in [0.3, 0.4) is 0 Å². The molecule has 110 valence electrons. The summed E-state index contributed by atoms with van der Waals surface area (Å²) in [6, 6.07) is 2.81. The minimum atomic E-state index is -1.03. The lowest BCUT2D eigenvalue weighted by Crippen LogP contribution is -2.49. The molecule has 1 rings (SSSR count). The molecule has 0 saturated heterocycles. The molecular formula is C13H14I3NO3. The van der Waals surface area contributed by atoms with Crippen LogP contribution < -0.4 is 5.32 Å². The number of hydrogen-bond acceptors (Lipinski definition) is 2. The third-order valence-electron chi connectivity index (χ3n) is 2.63. The SMILES string of the molecule is CC(C)(C)[C@H](NC(=O)c1cc(I)cc(I)c1I)C(=O)O. The van der Waals surface area contributed by atoms with Gasteiger partial charge in [-0.05, 0) is 85.3 Å². The molecule has 0 aromatic heterocycles. The maximum Gasteiger partial charge on any atom is 0.326 e. The average molecular weight is 613 g/mol. The minimum Gasteiger partial charge on any atom is -0.480 e. The van der Waals surface area contributed by atoms with Crippen molar-refractivity contribution < 1.29 is 14.7 Å². The van der Waals surface area contributed by atoms with Gasteiger partial charge in [0.05, 0.1) is 5.56 Å². The summed E-state index contributed by atoms with van der Waals surface area (Å²) in [6.45, 7) is 5.36. The highest BCUT2D eigenvalue weighted by molar-refractivity contribution is 14.1. The highest BCUT2D eigenvalue weighted by Crippen LogP contribution is 2.24. The lowest BCUT2D eigenvalue weighted by molar-refractivity contribution is -0.142. The van der Waals surface area contributed by atoms with Gasteiger partial charge in [0.25, 0.3) is 5.91 Å². The summed E-state index contributed by atoms with van der Waals surface area (Å²) in [6.07, 6.45) is 0. The number of nitrogens with one attached hydrogen (secondary N) is 1. The smallest absolute Gasteiger partial charge is 0.326 e. The molecule has 2 N–H and O–H groups in total. The van der Waals surface area contributed by atoms with Gasteiger partial charge < -0.3 is 10.4 Å². The molecule has 1 atom stereocenters. The molecule has 0 fully saturated rings. The number of aliphatic carboxylic acids is 1. The van der Waals surface area contributed by atoms with Gasteiger partial charge in [0, 0.05) is 10.7 Å². The Labute approximate surface area is 158 Å². The van der Waals surface area contributed by atoms with Crippen molar-refractivity contribution in [2.24, 2.45) is 5.41 Å². The molecule has 0 bridgehead atoms. The molecule has 0 aliphatic rings. The molecule has 0 spiro atoms. The van der Waals surface area contributed by atoms with Crippen LogP contribution in [0.4, 0.5) is 0 Å². The topological polar surface area (TPSA) is 66.4 Å². The molecule has 20 heavy (non-hydrogen) atoms. The van der Waals surface area contributed by atoms with Crippen LogP contribution in [0.1, 0.15) is 31.1 Å². The first-order valence-electron chi connectivity index (χ1n) is 5.72. The van der Waals surface area contributed by atoms with E-state index in [1.54, 1.807) is 26.8 Å². The number of carbonyl (C=O) groups is 2. The molecule has 1 aromatic rings. The van der Waals surface area contributed by atoms with Crippen molar-refractivity contribution in [3.8, 4) is 0 Å². The van der Waals surface area contributed by atoms with Gasteiger partial charge in [-0.15, -0.1) is 0 Å². The molecule has 0 radical (unpaired) electrons. The molecule has 1 aromatic carbocycles. The van der Waals surface area contributed by atoms with Crippen molar-refractivity contribution in [1.29, 1.82) is 0 Å². The van der Waals surface area contributed by atoms with Crippen molar-refractivity contribution in [1.82, 2.24) is 5.32 Å². The molecular weight excluding hydrogens is 599 g/mol. The van der Waals surface area contributed by atoms with Crippen molar-refractivity contribution >= 4 is 79.6 Å². The van der Waals surface area contributed by atoms with Gasteiger partial charge in [-0.25, -0.2) is 4.79 Å². The first-order valence-corrected chi connectivity index (χ1v) is 8.96. The van der Waals surface area contributed by atoms with Crippen LogP contribution >= 0.6 is 67.8 Å². The highest BCUT2D eigenvalue weighted by Gasteiger charge is 2.33. The second-order valence-corrected chi connectivity index (χ2v) is 8.85. The Bertz CT molecular complexity index is 553. The van der Waals surface area contributed by atoms with E-state index >= 15 is 0 Å². The fraction of sp³-hybridized carbons (Fsp3) is 0.385. The summed E-state index contributed by atoms with van der Waals surface area (Å²) >= 11 is 6.41. The third kappa shape index (κ3) is 4.68. The molecule has 0 heterocycles. The van der Waals surface area contributed by atoms with E-state index in [0.717, 1.165) is 10.7 Å². The van der Waals surface area contributed by atoms with Crippen LogP contribution in [-0.2, 0) is 4.79 Å². The predicted octanol–water partition coefficient (Wildman–Crippen LogP) is 3.73. The van der Waals surface area contributed by atoms with Crippen molar-refractivity contribution in [2.75, 3.05) is 0 Å². The molecule has 1 amide bonds. The van der Waals surface area contributed by atoms with Crippen molar-refractivity contribution in [3.63, 3.8) is 0 Å². The van der Waals surface area contributed by atoms with E-state index in [-0.39, 0.29) is 5.91 Å².